The molecule has 0 saturated carbocycles. The van der Waals surface area contributed by atoms with E-state index in [1.807, 2.05) is 49.4 Å². The summed E-state index contributed by atoms with van der Waals surface area (Å²) in [5, 5.41) is 5.84. The first-order valence-corrected chi connectivity index (χ1v) is 8.99. The highest BCUT2D eigenvalue weighted by molar-refractivity contribution is 6.32. The van der Waals surface area contributed by atoms with Gasteiger partial charge in [-0.3, -0.25) is 9.59 Å². The Bertz CT molecular complexity index is 735. The monoisotopic (exact) mass is 374 g/mol. The number of hydrogen-bond acceptors (Lipinski definition) is 3. The minimum absolute atomic E-state index is 0.0763. The molecule has 0 spiro atoms. The first kappa shape index (κ1) is 19.8. The molecular formula is C20H23ClN2O3. The quantitative estimate of drug-likeness (QED) is 0.706. The Kier molecular flexibility index (Phi) is 7.96. The van der Waals surface area contributed by atoms with Gasteiger partial charge in [-0.2, -0.15) is 0 Å². The number of hydrogen-bond donors (Lipinski definition) is 2. The molecule has 0 unspecified atom stereocenters. The van der Waals surface area contributed by atoms with Crippen LogP contribution in [0.3, 0.4) is 0 Å². The van der Waals surface area contributed by atoms with Crippen molar-refractivity contribution in [3.05, 3.63) is 53.6 Å². The smallest absolute Gasteiger partial charge is 0.257 e. The highest BCUT2D eigenvalue weighted by Crippen LogP contribution is 2.30. The molecule has 26 heavy (non-hydrogen) atoms. The number of nitrogens with one attached hydrogen (secondary N) is 2. The van der Waals surface area contributed by atoms with Gasteiger partial charge in [-0.25, -0.2) is 0 Å². The lowest BCUT2D eigenvalue weighted by atomic mass is 10.1. The molecule has 0 atom stereocenters. The van der Waals surface area contributed by atoms with Crippen molar-refractivity contribution in [1.82, 2.24) is 10.6 Å². The van der Waals surface area contributed by atoms with Crippen molar-refractivity contribution in [2.75, 3.05) is 19.7 Å². The van der Waals surface area contributed by atoms with Crippen LogP contribution in [0, 0.1) is 0 Å². The van der Waals surface area contributed by atoms with Crippen molar-refractivity contribution < 1.29 is 14.3 Å². The fourth-order valence-electron chi connectivity index (χ4n) is 2.29. The van der Waals surface area contributed by atoms with Crippen molar-refractivity contribution >= 4 is 23.4 Å². The van der Waals surface area contributed by atoms with E-state index in [-0.39, 0.29) is 31.4 Å². The Morgan fingerprint density at radius 3 is 2.38 bits per heavy atom. The maximum atomic E-state index is 11.8. The maximum Gasteiger partial charge on any atom is 0.257 e. The number of benzene rings is 2. The van der Waals surface area contributed by atoms with Crippen molar-refractivity contribution in [3.8, 4) is 16.9 Å². The largest absolute Gasteiger partial charge is 0.482 e. The van der Waals surface area contributed by atoms with Crippen LogP contribution in [0.1, 0.15) is 19.8 Å². The molecule has 0 bridgehead atoms. The van der Waals surface area contributed by atoms with Crippen LogP contribution in [0.5, 0.6) is 5.75 Å². The summed E-state index contributed by atoms with van der Waals surface area (Å²) >= 11 is 6.25. The van der Waals surface area contributed by atoms with Gasteiger partial charge in [-0.1, -0.05) is 54.9 Å². The second-order valence-corrected chi connectivity index (χ2v) is 6.16. The van der Waals surface area contributed by atoms with E-state index < -0.39 is 0 Å². The summed E-state index contributed by atoms with van der Waals surface area (Å²) in [6.45, 7) is 2.75. The number of halogens is 1. The van der Waals surface area contributed by atoms with Crippen molar-refractivity contribution in [2.24, 2.45) is 0 Å². The van der Waals surface area contributed by atoms with E-state index >= 15 is 0 Å². The van der Waals surface area contributed by atoms with E-state index in [0.717, 1.165) is 17.5 Å². The molecule has 0 radical (unpaired) electrons. The first-order valence-electron chi connectivity index (χ1n) is 8.61. The van der Waals surface area contributed by atoms with Gasteiger partial charge >= 0.3 is 0 Å². The zero-order valence-electron chi connectivity index (χ0n) is 14.8. The van der Waals surface area contributed by atoms with E-state index in [1.165, 1.54) is 0 Å². The van der Waals surface area contributed by atoms with Crippen molar-refractivity contribution in [1.29, 1.82) is 0 Å². The maximum absolute atomic E-state index is 11.8. The molecule has 2 rings (SSSR count). The van der Waals surface area contributed by atoms with Gasteiger partial charge in [0.2, 0.25) is 5.91 Å². The molecule has 2 N–H and O–H groups in total. The lowest BCUT2D eigenvalue weighted by Crippen LogP contribution is -2.33. The number of amides is 2. The van der Waals surface area contributed by atoms with Crippen LogP contribution in [0.15, 0.2) is 48.5 Å². The van der Waals surface area contributed by atoms with Gasteiger partial charge in [0.25, 0.3) is 5.91 Å². The van der Waals surface area contributed by atoms with E-state index in [9.17, 15) is 9.59 Å². The van der Waals surface area contributed by atoms with E-state index in [0.29, 0.717) is 17.3 Å². The molecule has 5 nitrogen and oxygen atoms in total. The minimum atomic E-state index is -0.295. The molecule has 2 aromatic carbocycles. The summed E-state index contributed by atoms with van der Waals surface area (Å²) in [5.74, 6) is 0.0753. The molecule has 0 heterocycles. The number of carbonyl (C=O) groups is 2. The minimum Gasteiger partial charge on any atom is -0.482 e. The van der Waals surface area contributed by atoms with Crippen LogP contribution in [-0.2, 0) is 9.59 Å². The third kappa shape index (κ3) is 6.41. The average molecular weight is 375 g/mol. The van der Waals surface area contributed by atoms with E-state index in [4.69, 9.17) is 16.3 Å². The van der Waals surface area contributed by atoms with Crippen LogP contribution < -0.4 is 15.4 Å². The SMILES string of the molecule is CCCNC(=O)CCNC(=O)COc1ccc(-c2ccccc2)cc1Cl. The highest BCUT2D eigenvalue weighted by atomic mass is 35.5. The van der Waals surface area contributed by atoms with Crippen molar-refractivity contribution in [2.45, 2.75) is 19.8 Å². The van der Waals surface area contributed by atoms with Gasteiger partial charge < -0.3 is 15.4 Å². The summed E-state index contributed by atoms with van der Waals surface area (Å²) < 4.78 is 5.47. The molecule has 0 aromatic heterocycles. The van der Waals surface area contributed by atoms with Gasteiger partial charge in [-0.05, 0) is 29.7 Å². The second kappa shape index (κ2) is 10.5. The molecule has 0 aliphatic heterocycles. The molecule has 0 aliphatic carbocycles. The highest BCUT2D eigenvalue weighted by Gasteiger charge is 2.08. The van der Waals surface area contributed by atoms with Crippen LogP contribution in [0.2, 0.25) is 5.02 Å². The topological polar surface area (TPSA) is 67.4 Å². The number of rotatable bonds is 9. The molecule has 0 aliphatic rings. The van der Waals surface area contributed by atoms with Gasteiger partial charge in [0.05, 0.1) is 5.02 Å². The summed E-state index contributed by atoms with van der Waals surface area (Å²) in [7, 11) is 0. The predicted octanol–water partition coefficient (Wildman–Crippen LogP) is 3.42. The van der Waals surface area contributed by atoms with Crippen LogP contribution in [-0.4, -0.2) is 31.5 Å². The van der Waals surface area contributed by atoms with Gasteiger partial charge in [0, 0.05) is 19.5 Å². The van der Waals surface area contributed by atoms with Crippen LogP contribution in [0.4, 0.5) is 0 Å². The second-order valence-electron chi connectivity index (χ2n) is 5.75. The molecular weight excluding hydrogens is 352 g/mol. The zero-order chi connectivity index (χ0) is 18.8. The third-order valence-electron chi connectivity index (χ3n) is 3.64. The fourth-order valence-corrected chi connectivity index (χ4v) is 2.53. The first-order chi connectivity index (χ1) is 12.6. The Morgan fingerprint density at radius 1 is 0.962 bits per heavy atom. The Balaban J connectivity index is 1.78. The summed E-state index contributed by atoms with van der Waals surface area (Å²) in [4.78, 5) is 23.2. The van der Waals surface area contributed by atoms with Gasteiger partial charge in [0.1, 0.15) is 5.75 Å². The summed E-state index contributed by atoms with van der Waals surface area (Å²) in [5.41, 5.74) is 2.03. The Morgan fingerprint density at radius 2 is 1.69 bits per heavy atom. The number of carbonyl (C=O) groups excluding carboxylic acids is 2. The third-order valence-corrected chi connectivity index (χ3v) is 3.94. The Hall–Kier alpha value is -2.53. The van der Waals surface area contributed by atoms with Crippen LogP contribution >= 0.6 is 11.6 Å². The molecule has 2 amide bonds. The molecule has 0 saturated heterocycles. The molecule has 138 valence electrons. The fraction of sp³-hybridized carbons (Fsp3) is 0.300. The Labute approximate surface area is 158 Å². The molecule has 2 aromatic rings. The average Bonchev–Trinajstić information content (AvgIpc) is 2.66. The van der Waals surface area contributed by atoms with Crippen molar-refractivity contribution in [3.63, 3.8) is 0 Å². The normalized spacial score (nSPS) is 10.2. The predicted molar refractivity (Wildman–Crippen MR) is 103 cm³/mol. The lowest BCUT2D eigenvalue weighted by molar-refractivity contribution is -0.123. The molecule has 6 heteroatoms. The van der Waals surface area contributed by atoms with Crippen LogP contribution in [0.25, 0.3) is 11.1 Å². The van der Waals surface area contributed by atoms with E-state index in [1.54, 1.807) is 6.07 Å². The van der Waals surface area contributed by atoms with Gasteiger partial charge in [-0.15, -0.1) is 0 Å². The van der Waals surface area contributed by atoms with Gasteiger partial charge in [0.15, 0.2) is 6.61 Å². The lowest BCUT2D eigenvalue weighted by Gasteiger charge is -2.10. The number of ether oxygens (including phenoxy) is 1. The summed E-state index contributed by atoms with van der Waals surface area (Å²) in [6, 6.07) is 15.3. The summed E-state index contributed by atoms with van der Waals surface area (Å²) in [6.07, 6.45) is 1.13. The zero-order valence-corrected chi connectivity index (χ0v) is 15.5. The van der Waals surface area contributed by atoms with E-state index in [2.05, 4.69) is 10.6 Å². The molecule has 0 fully saturated rings. The standard InChI is InChI=1S/C20H23ClN2O3/c1-2-11-22-19(24)10-12-23-20(25)14-26-18-9-8-16(13-17(18)21)15-6-4-3-5-7-15/h3-9,13H,2,10-12,14H2,1H3,(H,22,24)(H,23,25).